The topological polar surface area (TPSA) is 78.1 Å². The van der Waals surface area contributed by atoms with E-state index < -0.39 is 0 Å². The zero-order valence-corrected chi connectivity index (χ0v) is 17.1. The molecule has 0 aliphatic heterocycles. The lowest BCUT2D eigenvalue weighted by Crippen LogP contribution is -2.30. The fourth-order valence-corrected chi connectivity index (χ4v) is 2.36. The first kappa shape index (κ1) is 22.9. The van der Waals surface area contributed by atoms with Gasteiger partial charge in [0.25, 0.3) is 0 Å². The van der Waals surface area contributed by atoms with Crippen molar-refractivity contribution in [1.29, 1.82) is 0 Å². The fraction of sp³-hybridized carbons (Fsp3) is 0.650. The molecular weight excluding hydrogens is 348 g/mol. The average Bonchev–Trinajstić information content (AvgIpc) is 2.64. The minimum absolute atomic E-state index is 0.280. The Morgan fingerprint density at radius 1 is 0.889 bits per heavy atom. The molecule has 0 atom stereocenters. The Bertz CT molecular complexity index is 524. The monoisotopic (exact) mass is 382 g/mol. The van der Waals surface area contributed by atoms with Crippen LogP contribution in [0.1, 0.15) is 47.0 Å². The lowest BCUT2D eigenvalue weighted by Gasteiger charge is -2.17. The summed E-state index contributed by atoms with van der Waals surface area (Å²) < 4.78 is 22.4. The zero-order chi connectivity index (χ0) is 19.9. The Kier molecular flexibility index (Phi) is 11.8. The van der Waals surface area contributed by atoms with E-state index in [1.807, 2.05) is 20.8 Å². The van der Waals surface area contributed by atoms with Crippen molar-refractivity contribution in [2.75, 3.05) is 44.9 Å². The minimum atomic E-state index is -0.280. The largest absolute Gasteiger partial charge is 0.490 e. The normalized spacial score (nSPS) is 10.4. The van der Waals surface area contributed by atoms with Crippen molar-refractivity contribution < 1.29 is 23.7 Å². The summed E-state index contributed by atoms with van der Waals surface area (Å²) in [6, 6.07) is 3.20. The van der Waals surface area contributed by atoms with Crippen molar-refractivity contribution >= 4 is 11.7 Å². The number of unbranched alkanes of at least 4 members (excludes halogenated alkanes) is 1. The van der Waals surface area contributed by atoms with Gasteiger partial charge in [0.15, 0.2) is 11.5 Å². The second-order valence-electron chi connectivity index (χ2n) is 5.80. The highest BCUT2D eigenvalue weighted by molar-refractivity contribution is 5.90. The number of rotatable bonds is 14. The summed E-state index contributed by atoms with van der Waals surface area (Å²) in [6.45, 7) is 11.2. The summed E-state index contributed by atoms with van der Waals surface area (Å²) >= 11 is 0. The molecular formula is C20H34N2O5. The predicted octanol–water partition coefficient (Wildman–Crippen LogP) is 4.21. The number of carbonyl (C=O) groups is 1. The standard InChI is InChI=1S/C20H34N2O5/c1-5-9-12-24-13-10-11-21-20(23)22-16-14-17(25-6-2)19(27-8-4)18(15-16)26-7-3/h14-15H,5-13H2,1-4H3,(H2,21,22,23). The summed E-state index contributed by atoms with van der Waals surface area (Å²) in [5, 5.41) is 5.64. The molecule has 2 N–H and O–H groups in total. The van der Waals surface area contributed by atoms with Gasteiger partial charge in [0.2, 0.25) is 5.75 Å². The van der Waals surface area contributed by atoms with E-state index in [4.69, 9.17) is 18.9 Å². The van der Waals surface area contributed by atoms with Crippen LogP contribution < -0.4 is 24.8 Å². The maximum absolute atomic E-state index is 12.1. The van der Waals surface area contributed by atoms with Crippen LogP contribution in [0.3, 0.4) is 0 Å². The molecule has 1 aromatic carbocycles. The number of urea groups is 1. The van der Waals surface area contributed by atoms with Crippen LogP contribution in [0.4, 0.5) is 10.5 Å². The number of ether oxygens (including phenoxy) is 4. The summed E-state index contributed by atoms with van der Waals surface area (Å²) in [5.41, 5.74) is 0.585. The van der Waals surface area contributed by atoms with Crippen LogP contribution in [0.2, 0.25) is 0 Å². The number of nitrogens with one attached hydrogen (secondary N) is 2. The Labute approximate surface area is 162 Å². The molecule has 0 aliphatic carbocycles. The second kappa shape index (κ2) is 14.0. The van der Waals surface area contributed by atoms with Gasteiger partial charge in [-0.05, 0) is 33.6 Å². The number of hydrogen-bond donors (Lipinski definition) is 2. The predicted molar refractivity (Wildman–Crippen MR) is 107 cm³/mol. The molecule has 0 unspecified atom stereocenters. The van der Waals surface area contributed by atoms with Crippen LogP contribution >= 0.6 is 0 Å². The highest BCUT2D eigenvalue weighted by atomic mass is 16.5. The molecule has 0 fully saturated rings. The third-order valence-corrected chi connectivity index (χ3v) is 3.56. The van der Waals surface area contributed by atoms with Crippen molar-refractivity contribution in [3.05, 3.63) is 12.1 Å². The number of carbonyl (C=O) groups excluding carboxylic acids is 1. The van der Waals surface area contributed by atoms with Gasteiger partial charge in [-0.3, -0.25) is 0 Å². The van der Waals surface area contributed by atoms with Crippen molar-refractivity contribution in [2.45, 2.75) is 47.0 Å². The average molecular weight is 383 g/mol. The molecule has 0 radical (unpaired) electrons. The number of anilines is 1. The molecule has 0 bridgehead atoms. The smallest absolute Gasteiger partial charge is 0.319 e. The summed E-state index contributed by atoms with van der Waals surface area (Å²) in [7, 11) is 0. The molecule has 1 aromatic rings. The maximum Gasteiger partial charge on any atom is 0.319 e. The van der Waals surface area contributed by atoms with E-state index in [1.54, 1.807) is 12.1 Å². The second-order valence-corrected chi connectivity index (χ2v) is 5.80. The van der Waals surface area contributed by atoms with E-state index in [2.05, 4.69) is 17.6 Å². The molecule has 0 heterocycles. The van der Waals surface area contributed by atoms with Crippen molar-refractivity contribution in [3.63, 3.8) is 0 Å². The molecule has 0 aliphatic rings. The molecule has 1 rings (SSSR count). The Morgan fingerprint density at radius 2 is 1.48 bits per heavy atom. The zero-order valence-electron chi connectivity index (χ0n) is 17.1. The quantitative estimate of drug-likeness (QED) is 0.471. The molecule has 154 valence electrons. The minimum Gasteiger partial charge on any atom is -0.490 e. The van der Waals surface area contributed by atoms with Gasteiger partial charge in [-0.25, -0.2) is 4.79 Å². The summed E-state index contributed by atoms with van der Waals surface area (Å²) in [5.74, 6) is 1.64. The van der Waals surface area contributed by atoms with Gasteiger partial charge in [-0.1, -0.05) is 13.3 Å². The van der Waals surface area contributed by atoms with Gasteiger partial charge in [0, 0.05) is 31.9 Å². The highest BCUT2D eigenvalue weighted by Gasteiger charge is 2.16. The SMILES string of the molecule is CCCCOCCCNC(=O)Nc1cc(OCC)c(OCC)c(OCC)c1. The maximum atomic E-state index is 12.1. The van der Waals surface area contributed by atoms with Crippen molar-refractivity contribution in [2.24, 2.45) is 0 Å². The van der Waals surface area contributed by atoms with E-state index in [0.29, 0.717) is 55.9 Å². The van der Waals surface area contributed by atoms with Crippen molar-refractivity contribution in [3.8, 4) is 17.2 Å². The lowest BCUT2D eigenvalue weighted by atomic mass is 10.2. The van der Waals surface area contributed by atoms with E-state index >= 15 is 0 Å². The first-order chi connectivity index (χ1) is 13.2. The van der Waals surface area contributed by atoms with Crippen LogP contribution in [0.25, 0.3) is 0 Å². The lowest BCUT2D eigenvalue weighted by molar-refractivity contribution is 0.129. The number of hydrogen-bond acceptors (Lipinski definition) is 5. The third kappa shape index (κ3) is 8.86. The van der Waals surface area contributed by atoms with Crippen LogP contribution in [0.5, 0.6) is 17.2 Å². The highest BCUT2D eigenvalue weighted by Crippen LogP contribution is 2.40. The van der Waals surface area contributed by atoms with Crippen LogP contribution in [0.15, 0.2) is 12.1 Å². The Balaban J connectivity index is 2.63. The van der Waals surface area contributed by atoms with E-state index in [0.717, 1.165) is 25.9 Å². The van der Waals surface area contributed by atoms with Gasteiger partial charge in [-0.15, -0.1) is 0 Å². The van der Waals surface area contributed by atoms with Crippen molar-refractivity contribution in [1.82, 2.24) is 5.32 Å². The van der Waals surface area contributed by atoms with Crippen LogP contribution in [-0.4, -0.2) is 45.6 Å². The van der Waals surface area contributed by atoms with Gasteiger partial charge < -0.3 is 29.6 Å². The first-order valence-corrected chi connectivity index (χ1v) is 9.85. The van der Waals surface area contributed by atoms with Gasteiger partial charge in [0.1, 0.15) is 0 Å². The van der Waals surface area contributed by atoms with E-state index in [1.165, 1.54) is 0 Å². The molecule has 0 saturated carbocycles. The molecule has 2 amide bonds. The van der Waals surface area contributed by atoms with E-state index in [-0.39, 0.29) is 6.03 Å². The Hall–Kier alpha value is -2.15. The summed E-state index contributed by atoms with van der Waals surface area (Å²) in [4.78, 5) is 12.1. The molecule has 7 heteroatoms. The Morgan fingerprint density at radius 3 is 2.04 bits per heavy atom. The van der Waals surface area contributed by atoms with Gasteiger partial charge in [0.05, 0.1) is 25.5 Å². The number of benzene rings is 1. The summed E-state index contributed by atoms with van der Waals surface area (Å²) in [6.07, 6.45) is 2.96. The van der Waals surface area contributed by atoms with Gasteiger partial charge >= 0.3 is 6.03 Å². The molecule has 0 saturated heterocycles. The molecule has 27 heavy (non-hydrogen) atoms. The third-order valence-electron chi connectivity index (χ3n) is 3.56. The molecule has 0 spiro atoms. The van der Waals surface area contributed by atoms with Crippen LogP contribution in [-0.2, 0) is 4.74 Å². The fourth-order valence-electron chi connectivity index (χ4n) is 2.36. The van der Waals surface area contributed by atoms with Crippen LogP contribution in [0, 0.1) is 0 Å². The molecule has 0 aromatic heterocycles. The molecule has 7 nitrogen and oxygen atoms in total. The number of amides is 2. The first-order valence-electron chi connectivity index (χ1n) is 9.85. The van der Waals surface area contributed by atoms with E-state index in [9.17, 15) is 4.79 Å². The van der Waals surface area contributed by atoms with Gasteiger partial charge in [-0.2, -0.15) is 0 Å².